The molecule has 38 heavy (non-hydrogen) atoms. The lowest BCUT2D eigenvalue weighted by molar-refractivity contribution is -0.192. The summed E-state index contributed by atoms with van der Waals surface area (Å²) in [6, 6.07) is 15.1. The molecule has 2 aromatic carbocycles. The SMILES string of the molecule is COC(=O)[C@@H]([C@H](C)O)N1C(=O)[C@H](n2c(-c3ccccc3)c(-c3ccccc3)oc2=O)[C@@H]1[C@H]1COC(C)(C)O1. The normalized spacial score (nSPS) is 24.1. The van der Waals surface area contributed by atoms with Crippen molar-refractivity contribution in [2.45, 2.75) is 56.9 Å². The molecule has 0 radical (unpaired) electrons. The fourth-order valence-electron chi connectivity index (χ4n) is 5.32. The zero-order valence-corrected chi connectivity index (χ0v) is 21.6. The maximum atomic E-state index is 13.8. The van der Waals surface area contributed by atoms with Gasteiger partial charge < -0.3 is 28.6 Å². The highest BCUT2D eigenvalue weighted by molar-refractivity contribution is 5.94. The van der Waals surface area contributed by atoms with Gasteiger partial charge >= 0.3 is 11.7 Å². The van der Waals surface area contributed by atoms with Gasteiger partial charge in [0.15, 0.2) is 17.6 Å². The summed E-state index contributed by atoms with van der Waals surface area (Å²) in [6.45, 7) is 5.00. The molecule has 0 saturated carbocycles. The lowest BCUT2D eigenvalue weighted by Gasteiger charge is -2.52. The van der Waals surface area contributed by atoms with Gasteiger partial charge in [0.1, 0.15) is 12.1 Å². The smallest absolute Gasteiger partial charge is 0.420 e. The number of aliphatic hydroxyl groups excluding tert-OH is 1. The van der Waals surface area contributed by atoms with Crippen LogP contribution in [0.25, 0.3) is 22.6 Å². The number of nitrogens with zero attached hydrogens (tertiary/aromatic N) is 2. The summed E-state index contributed by atoms with van der Waals surface area (Å²) in [5, 5.41) is 10.5. The fraction of sp³-hybridized carbons (Fsp3) is 0.393. The second-order valence-electron chi connectivity index (χ2n) is 9.90. The fourth-order valence-corrected chi connectivity index (χ4v) is 5.32. The number of ether oxygens (including phenoxy) is 3. The monoisotopic (exact) mass is 522 g/mol. The van der Waals surface area contributed by atoms with Crippen LogP contribution in [-0.4, -0.2) is 70.2 Å². The Morgan fingerprint density at radius 1 is 1.05 bits per heavy atom. The van der Waals surface area contributed by atoms with Crippen molar-refractivity contribution in [1.82, 2.24) is 9.47 Å². The third-order valence-corrected chi connectivity index (χ3v) is 6.97. The van der Waals surface area contributed by atoms with Gasteiger partial charge in [-0.25, -0.2) is 9.59 Å². The zero-order valence-electron chi connectivity index (χ0n) is 21.6. The number of benzene rings is 2. The van der Waals surface area contributed by atoms with E-state index in [1.807, 2.05) is 60.7 Å². The summed E-state index contributed by atoms with van der Waals surface area (Å²) in [5.41, 5.74) is 1.76. The molecule has 2 saturated heterocycles. The number of oxazole rings is 1. The number of esters is 1. The average Bonchev–Trinajstić information content (AvgIpc) is 3.43. The van der Waals surface area contributed by atoms with Gasteiger partial charge in [0.25, 0.3) is 0 Å². The first kappa shape index (κ1) is 25.9. The number of amides is 1. The van der Waals surface area contributed by atoms with E-state index >= 15 is 0 Å². The number of aromatic nitrogens is 1. The van der Waals surface area contributed by atoms with Gasteiger partial charge in [0.2, 0.25) is 5.91 Å². The first-order valence-electron chi connectivity index (χ1n) is 12.4. The largest absolute Gasteiger partial charge is 0.467 e. The maximum absolute atomic E-state index is 13.8. The second-order valence-corrected chi connectivity index (χ2v) is 9.90. The molecule has 5 atom stereocenters. The Hall–Kier alpha value is -3.73. The molecular weight excluding hydrogens is 492 g/mol. The molecule has 10 heteroatoms. The van der Waals surface area contributed by atoms with Crippen LogP contribution in [0.5, 0.6) is 0 Å². The Morgan fingerprint density at radius 3 is 2.18 bits per heavy atom. The number of rotatable bonds is 7. The van der Waals surface area contributed by atoms with Gasteiger partial charge in [-0.1, -0.05) is 60.7 Å². The predicted molar refractivity (Wildman–Crippen MR) is 136 cm³/mol. The van der Waals surface area contributed by atoms with E-state index in [9.17, 15) is 19.5 Å². The van der Waals surface area contributed by atoms with Gasteiger partial charge in [0.05, 0.1) is 31.6 Å². The molecule has 2 fully saturated rings. The van der Waals surface area contributed by atoms with E-state index in [0.29, 0.717) is 22.6 Å². The molecular formula is C28H30N2O8. The summed E-state index contributed by atoms with van der Waals surface area (Å²) in [5.74, 6) is -2.67. The van der Waals surface area contributed by atoms with Gasteiger partial charge in [-0.3, -0.25) is 9.36 Å². The Balaban J connectivity index is 1.69. The highest BCUT2D eigenvalue weighted by Gasteiger charge is 2.61. The second kappa shape index (κ2) is 9.86. The molecule has 1 N–H and O–H groups in total. The van der Waals surface area contributed by atoms with Gasteiger partial charge in [0, 0.05) is 11.1 Å². The van der Waals surface area contributed by atoms with Crippen LogP contribution in [0.15, 0.2) is 69.9 Å². The Labute approximate surface area is 219 Å². The number of carbonyl (C=O) groups is 2. The maximum Gasteiger partial charge on any atom is 0.420 e. The minimum Gasteiger partial charge on any atom is -0.467 e. The summed E-state index contributed by atoms with van der Waals surface area (Å²) in [4.78, 5) is 41.3. The van der Waals surface area contributed by atoms with Crippen LogP contribution in [0.4, 0.5) is 0 Å². The van der Waals surface area contributed by atoms with Crippen LogP contribution < -0.4 is 5.76 Å². The van der Waals surface area contributed by atoms with Crippen LogP contribution in [0, 0.1) is 0 Å². The topological polar surface area (TPSA) is 120 Å². The van der Waals surface area contributed by atoms with Crippen molar-refractivity contribution in [1.29, 1.82) is 0 Å². The summed E-state index contributed by atoms with van der Waals surface area (Å²) in [7, 11) is 1.19. The van der Waals surface area contributed by atoms with E-state index < -0.39 is 53.8 Å². The van der Waals surface area contributed by atoms with E-state index in [1.54, 1.807) is 13.8 Å². The van der Waals surface area contributed by atoms with Crippen molar-refractivity contribution in [2.75, 3.05) is 13.7 Å². The third-order valence-electron chi connectivity index (χ3n) is 6.97. The Kier molecular flexibility index (Phi) is 6.72. The first-order valence-corrected chi connectivity index (χ1v) is 12.4. The quantitative estimate of drug-likeness (QED) is 0.371. The molecule has 0 bridgehead atoms. The molecule has 0 unspecified atom stereocenters. The number of methoxy groups -OCH3 is 1. The first-order chi connectivity index (χ1) is 18.1. The van der Waals surface area contributed by atoms with Crippen molar-refractivity contribution in [3.05, 3.63) is 71.2 Å². The van der Waals surface area contributed by atoms with Crippen LogP contribution in [-0.2, 0) is 23.8 Å². The molecule has 5 rings (SSSR count). The van der Waals surface area contributed by atoms with Gasteiger partial charge in [-0.15, -0.1) is 0 Å². The van der Waals surface area contributed by atoms with Crippen molar-refractivity contribution in [3.63, 3.8) is 0 Å². The predicted octanol–water partition coefficient (Wildman–Crippen LogP) is 2.60. The number of β-lactam (4-membered cyclic amide) rings is 1. The van der Waals surface area contributed by atoms with E-state index in [1.165, 1.54) is 23.5 Å². The van der Waals surface area contributed by atoms with Crippen LogP contribution in [0.3, 0.4) is 0 Å². The number of aliphatic hydroxyl groups is 1. The Bertz CT molecular complexity index is 1380. The van der Waals surface area contributed by atoms with Crippen molar-refractivity contribution >= 4 is 11.9 Å². The Morgan fingerprint density at radius 2 is 1.66 bits per heavy atom. The van der Waals surface area contributed by atoms with E-state index in [2.05, 4.69) is 0 Å². The van der Waals surface area contributed by atoms with Crippen LogP contribution in [0.2, 0.25) is 0 Å². The summed E-state index contributed by atoms with van der Waals surface area (Å²) >= 11 is 0. The highest BCUT2D eigenvalue weighted by Crippen LogP contribution is 2.44. The number of hydrogen-bond donors (Lipinski definition) is 1. The summed E-state index contributed by atoms with van der Waals surface area (Å²) in [6.07, 6.45) is -1.93. The zero-order chi connectivity index (χ0) is 27.2. The molecule has 0 spiro atoms. The van der Waals surface area contributed by atoms with Crippen molar-refractivity contribution in [2.24, 2.45) is 0 Å². The number of hydrogen-bond acceptors (Lipinski definition) is 8. The highest BCUT2D eigenvalue weighted by atomic mass is 16.7. The van der Waals surface area contributed by atoms with Crippen molar-refractivity contribution in [3.8, 4) is 22.6 Å². The standard InChI is InChI=1S/C28H30N2O8/c1-16(31)20(26(33)35-4)29-22(19-15-36-28(2,3)38-19)23(25(29)32)30-21(17-11-7-5-8-12-17)24(37-27(30)34)18-13-9-6-10-14-18/h5-14,16,19-20,22-23,31H,15H2,1-4H3/t16-,19+,20+,22-,23+/m0/s1. The molecule has 2 aliphatic heterocycles. The average molecular weight is 523 g/mol. The molecule has 2 aliphatic rings. The molecule has 1 aromatic heterocycles. The molecule has 200 valence electrons. The molecule has 3 aromatic rings. The van der Waals surface area contributed by atoms with E-state index in [0.717, 1.165) is 0 Å². The van der Waals surface area contributed by atoms with Crippen molar-refractivity contribution < 1.29 is 33.3 Å². The lowest BCUT2D eigenvalue weighted by Crippen LogP contribution is -2.72. The van der Waals surface area contributed by atoms with E-state index in [4.69, 9.17) is 18.6 Å². The summed E-state index contributed by atoms with van der Waals surface area (Å²) < 4.78 is 23.9. The van der Waals surface area contributed by atoms with Gasteiger partial charge in [-0.2, -0.15) is 0 Å². The minimum atomic E-state index is -1.29. The van der Waals surface area contributed by atoms with Crippen LogP contribution in [0.1, 0.15) is 26.8 Å². The molecule has 1 amide bonds. The molecule has 3 heterocycles. The molecule has 10 nitrogen and oxygen atoms in total. The molecule has 0 aliphatic carbocycles. The van der Waals surface area contributed by atoms with E-state index in [-0.39, 0.29) is 6.61 Å². The number of carbonyl (C=O) groups excluding carboxylic acids is 2. The van der Waals surface area contributed by atoms with Gasteiger partial charge in [-0.05, 0) is 20.8 Å². The number of likely N-dealkylation sites (tertiary alicyclic amines) is 1. The minimum absolute atomic E-state index is 0.116. The van der Waals surface area contributed by atoms with Crippen LogP contribution >= 0.6 is 0 Å². The lowest BCUT2D eigenvalue weighted by atomic mass is 9.86. The third kappa shape index (κ3) is 4.34.